The smallest absolute Gasteiger partial charge is 0.119 e. The third-order valence-electron chi connectivity index (χ3n) is 3.23. The van der Waals surface area contributed by atoms with Crippen molar-refractivity contribution >= 4 is 11.6 Å². The fourth-order valence-electron chi connectivity index (χ4n) is 2.14. The average Bonchev–Trinajstić information content (AvgIpc) is 2.52. The number of rotatable bonds is 7. The van der Waals surface area contributed by atoms with Gasteiger partial charge in [0, 0.05) is 17.1 Å². The van der Waals surface area contributed by atoms with Crippen molar-refractivity contribution in [2.24, 2.45) is 0 Å². The molecule has 2 aromatic carbocycles. The molecule has 0 aromatic heterocycles. The number of hydrogen-bond acceptors (Lipinski definition) is 3. The van der Waals surface area contributed by atoms with E-state index in [1.165, 1.54) is 0 Å². The summed E-state index contributed by atoms with van der Waals surface area (Å²) < 4.78 is 11.3. The van der Waals surface area contributed by atoms with Crippen molar-refractivity contribution in [3.63, 3.8) is 0 Å². The molecule has 0 aliphatic carbocycles. The van der Waals surface area contributed by atoms with Crippen molar-refractivity contribution in [3.05, 3.63) is 64.7 Å². The number of benzene rings is 2. The Balaban J connectivity index is 2.08. The van der Waals surface area contributed by atoms with Gasteiger partial charge in [0.05, 0.1) is 19.8 Å². The van der Waals surface area contributed by atoms with Crippen LogP contribution in [0.25, 0.3) is 0 Å². The number of likely N-dealkylation sites (N-methyl/N-ethyl adjacent to an activating group) is 1. The summed E-state index contributed by atoms with van der Waals surface area (Å²) in [5.74, 6) is 0.832. The summed E-state index contributed by atoms with van der Waals surface area (Å²) in [4.78, 5) is 0. The monoisotopic (exact) mass is 305 g/mol. The summed E-state index contributed by atoms with van der Waals surface area (Å²) in [6.07, 6.45) is -0.0881. The molecular formula is C17H20ClNO2. The van der Waals surface area contributed by atoms with Gasteiger partial charge < -0.3 is 14.8 Å². The maximum absolute atomic E-state index is 6.26. The summed E-state index contributed by atoms with van der Waals surface area (Å²) in [5.41, 5.74) is 2.07. The molecule has 0 fully saturated rings. The van der Waals surface area contributed by atoms with Crippen LogP contribution in [0.2, 0.25) is 5.02 Å². The van der Waals surface area contributed by atoms with Gasteiger partial charge in [0.15, 0.2) is 0 Å². The quantitative estimate of drug-likeness (QED) is 0.843. The molecule has 4 heteroatoms. The first-order valence-corrected chi connectivity index (χ1v) is 7.26. The minimum atomic E-state index is -0.0881. The zero-order chi connectivity index (χ0) is 15.1. The lowest BCUT2D eigenvalue weighted by molar-refractivity contribution is 0.0410. The number of halogens is 1. The van der Waals surface area contributed by atoms with Gasteiger partial charge in [-0.3, -0.25) is 0 Å². The zero-order valence-corrected chi connectivity index (χ0v) is 13.1. The lowest BCUT2D eigenvalue weighted by Crippen LogP contribution is -2.20. The minimum Gasteiger partial charge on any atom is -0.497 e. The maximum Gasteiger partial charge on any atom is 0.119 e. The molecule has 2 rings (SSSR count). The van der Waals surface area contributed by atoms with E-state index in [9.17, 15) is 0 Å². The van der Waals surface area contributed by atoms with E-state index in [1.807, 2.05) is 55.6 Å². The third-order valence-corrected chi connectivity index (χ3v) is 3.57. The van der Waals surface area contributed by atoms with E-state index in [1.54, 1.807) is 7.11 Å². The molecule has 21 heavy (non-hydrogen) atoms. The van der Waals surface area contributed by atoms with Crippen molar-refractivity contribution in [2.75, 3.05) is 20.7 Å². The molecule has 0 amide bonds. The molecule has 0 spiro atoms. The second-order valence-electron chi connectivity index (χ2n) is 4.73. The molecule has 0 saturated carbocycles. The van der Waals surface area contributed by atoms with Crippen molar-refractivity contribution < 1.29 is 9.47 Å². The van der Waals surface area contributed by atoms with Gasteiger partial charge in [-0.2, -0.15) is 0 Å². The van der Waals surface area contributed by atoms with Crippen LogP contribution < -0.4 is 10.1 Å². The molecule has 3 nitrogen and oxygen atoms in total. The SMILES string of the molecule is CNCC(OCc1cccc(OC)c1)c1ccccc1Cl. The maximum atomic E-state index is 6.26. The molecule has 1 atom stereocenters. The molecule has 0 saturated heterocycles. The van der Waals surface area contributed by atoms with Gasteiger partial charge in [-0.25, -0.2) is 0 Å². The Morgan fingerprint density at radius 2 is 1.95 bits per heavy atom. The molecule has 2 aromatic rings. The van der Waals surface area contributed by atoms with Crippen LogP contribution in [0.1, 0.15) is 17.2 Å². The first-order valence-electron chi connectivity index (χ1n) is 6.88. The predicted octanol–water partition coefficient (Wildman–Crippen LogP) is 3.83. The molecule has 0 heterocycles. The molecule has 0 aliphatic heterocycles. The number of ether oxygens (including phenoxy) is 2. The van der Waals surface area contributed by atoms with Crippen LogP contribution in [0.3, 0.4) is 0 Å². The lowest BCUT2D eigenvalue weighted by Gasteiger charge is -2.19. The van der Waals surface area contributed by atoms with Gasteiger partial charge >= 0.3 is 0 Å². The second-order valence-corrected chi connectivity index (χ2v) is 5.14. The molecule has 112 valence electrons. The Hall–Kier alpha value is -1.55. The van der Waals surface area contributed by atoms with Crippen LogP contribution in [0.4, 0.5) is 0 Å². The van der Waals surface area contributed by atoms with Gasteiger partial charge in [0.25, 0.3) is 0 Å². The largest absolute Gasteiger partial charge is 0.497 e. The fraction of sp³-hybridized carbons (Fsp3) is 0.294. The zero-order valence-electron chi connectivity index (χ0n) is 12.3. The molecule has 0 radical (unpaired) electrons. The lowest BCUT2D eigenvalue weighted by atomic mass is 10.1. The van der Waals surface area contributed by atoms with Crippen molar-refractivity contribution in [3.8, 4) is 5.75 Å². The first kappa shape index (κ1) is 15.8. The summed E-state index contributed by atoms with van der Waals surface area (Å²) in [5, 5.41) is 3.87. The van der Waals surface area contributed by atoms with E-state index in [0.29, 0.717) is 13.2 Å². The Labute approximate surface area is 130 Å². The van der Waals surface area contributed by atoms with Gasteiger partial charge in [0.2, 0.25) is 0 Å². The summed E-state index contributed by atoms with van der Waals surface area (Å²) >= 11 is 6.26. The average molecular weight is 306 g/mol. The van der Waals surface area contributed by atoms with Crippen LogP contribution in [-0.2, 0) is 11.3 Å². The highest BCUT2D eigenvalue weighted by atomic mass is 35.5. The van der Waals surface area contributed by atoms with E-state index in [2.05, 4.69) is 5.32 Å². The summed E-state index contributed by atoms with van der Waals surface area (Å²) in [7, 11) is 3.56. The molecule has 1 unspecified atom stereocenters. The van der Waals surface area contributed by atoms with Gasteiger partial charge in [-0.05, 0) is 30.8 Å². The summed E-state index contributed by atoms with van der Waals surface area (Å²) in [6.45, 7) is 1.21. The highest BCUT2D eigenvalue weighted by Gasteiger charge is 2.14. The van der Waals surface area contributed by atoms with E-state index in [-0.39, 0.29) is 6.10 Å². The van der Waals surface area contributed by atoms with Crippen molar-refractivity contribution in [2.45, 2.75) is 12.7 Å². The molecular weight excluding hydrogens is 286 g/mol. The standard InChI is InChI=1S/C17H20ClNO2/c1-19-11-17(15-8-3-4-9-16(15)18)21-12-13-6-5-7-14(10-13)20-2/h3-10,17,19H,11-12H2,1-2H3. The second kappa shape index (κ2) is 8.03. The highest BCUT2D eigenvalue weighted by molar-refractivity contribution is 6.31. The van der Waals surface area contributed by atoms with Gasteiger partial charge in [-0.1, -0.05) is 41.9 Å². The van der Waals surface area contributed by atoms with Crippen LogP contribution in [0, 0.1) is 0 Å². The molecule has 1 N–H and O–H groups in total. The van der Waals surface area contributed by atoms with Crippen LogP contribution in [0.15, 0.2) is 48.5 Å². The number of methoxy groups -OCH3 is 1. The third kappa shape index (κ3) is 4.46. The Morgan fingerprint density at radius 3 is 2.67 bits per heavy atom. The van der Waals surface area contributed by atoms with E-state index >= 15 is 0 Å². The summed E-state index contributed by atoms with van der Waals surface area (Å²) in [6, 6.07) is 15.6. The van der Waals surface area contributed by atoms with Crippen LogP contribution in [0.5, 0.6) is 5.75 Å². The topological polar surface area (TPSA) is 30.5 Å². The Bertz CT molecular complexity index is 574. The Morgan fingerprint density at radius 1 is 1.14 bits per heavy atom. The van der Waals surface area contributed by atoms with Gasteiger partial charge in [-0.15, -0.1) is 0 Å². The normalized spacial score (nSPS) is 12.1. The van der Waals surface area contributed by atoms with Crippen LogP contribution >= 0.6 is 11.6 Å². The van der Waals surface area contributed by atoms with E-state index < -0.39 is 0 Å². The predicted molar refractivity (Wildman–Crippen MR) is 85.9 cm³/mol. The van der Waals surface area contributed by atoms with Crippen molar-refractivity contribution in [1.29, 1.82) is 0 Å². The van der Waals surface area contributed by atoms with E-state index in [4.69, 9.17) is 21.1 Å². The minimum absolute atomic E-state index is 0.0881. The number of hydrogen-bond donors (Lipinski definition) is 1. The fourth-order valence-corrected chi connectivity index (χ4v) is 2.40. The highest BCUT2D eigenvalue weighted by Crippen LogP contribution is 2.26. The first-order chi connectivity index (χ1) is 10.2. The van der Waals surface area contributed by atoms with E-state index in [0.717, 1.165) is 21.9 Å². The van der Waals surface area contributed by atoms with Crippen LogP contribution in [-0.4, -0.2) is 20.7 Å². The number of nitrogens with one attached hydrogen (secondary N) is 1. The van der Waals surface area contributed by atoms with Gasteiger partial charge in [0.1, 0.15) is 5.75 Å². The van der Waals surface area contributed by atoms with Crippen molar-refractivity contribution in [1.82, 2.24) is 5.32 Å². The molecule has 0 aliphatic rings. The Kier molecular flexibility index (Phi) is 6.05. The molecule has 0 bridgehead atoms.